The van der Waals surface area contributed by atoms with E-state index in [9.17, 15) is 0 Å². The van der Waals surface area contributed by atoms with Crippen LogP contribution in [0.25, 0.3) is 0 Å². The van der Waals surface area contributed by atoms with Crippen molar-refractivity contribution in [2.45, 2.75) is 34.3 Å². The summed E-state index contributed by atoms with van der Waals surface area (Å²) >= 11 is 0. The molecule has 1 aromatic heterocycles. The van der Waals surface area contributed by atoms with Gasteiger partial charge in [-0.1, -0.05) is 0 Å². The highest BCUT2D eigenvalue weighted by Crippen LogP contribution is 2.19. The first-order valence-electron chi connectivity index (χ1n) is 4.50. The molecule has 0 radical (unpaired) electrons. The van der Waals surface area contributed by atoms with E-state index in [2.05, 4.69) is 18.8 Å². The molecule has 72 valence electrons. The molecule has 1 aromatic rings. The second kappa shape index (κ2) is 3.88. The molecular formula is C11H17NO. The minimum atomic E-state index is 0.682. The van der Waals surface area contributed by atoms with Crippen LogP contribution in [0.1, 0.15) is 28.1 Å². The number of ether oxygens (including phenoxy) is 1. The first-order chi connectivity index (χ1) is 6.07. The maximum atomic E-state index is 5.17. The summed E-state index contributed by atoms with van der Waals surface area (Å²) in [5, 5.41) is 0. The SMILES string of the molecule is COCc1c(C)c(C)nc(C)c1C. The fourth-order valence-corrected chi connectivity index (χ4v) is 1.50. The third-order valence-electron chi connectivity index (χ3n) is 2.61. The van der Waals surface area contributed by atoms with Gasteiger partial charge in [-0.05, 0) is 44.4 Å². The van der Waals surface area contributed by atoms with Gasteiger partial charge in [0.15, 0.2) is 0 Å². The third kappa shape index (κ3) is 1.89. The molecule has 0 aliphatic carbocycles. The van der Waals surface area contributed by atoms with Crippen LogP contribution in [0.2, 0.25) is 0 Å². The summed E-state index contributed by atoms with van der Waals surface area (Å²) in [5.41, 5.74) is 6.01. The number of hydrogen-bond acceptors (Lipinski definition) is 2. The lowest BCUT2D eigenvalue weighted by molar-refractivity contribution is 0.183. The van der Waals surface area contributed by atoms with Crippen molar-refractivity contribution in [2.24, 2.45) is 0 Å². The molecule has 0 aliphatic heterocycles. The van der Waals surface area contributed by atoms with E-state index >= 15 is 0 Å². The molecule has 0 aromatic carbocycles. The van der Waals surface area contributed by atoms with E-state index in [1.807, 2.05) is 13.8 Å². The number of hydrogen-bond donors (Lipinski definition) is 0. The Morgan fingerprint density at radius 2 is 1.46 bits per heavy atom. The lowest BCUT2D eigenvalue weighted by Gasteiger charge is -2.13. The van der Waals surface area contributed by atoms with E-state index in [1.54, 1.807) is 7.11 Å². The summed E-state index contributed by atoms with van der Waals surface area (Å²) in [7, 11) is 1.73. The van der Waals surface area contributed by atoms with Gasteiger partial charge in [-0.25, -0.2) is 0 Å². The van der Waals surface area contributed by atoms with Gasteiger partial charge in [0.1, 0.15) is 0 Å². The van der Waals surface area contributed by atoms with Crippen LogP contribution < -0.4 is 0 Å². The Balaban J connectivity index is 3.28. The Morgan fingerprint density at radius 3 is 1.85 bits per heavy atom. The van der Waals surface area contributed by atoms with E-state index in [4.69, 9.17) is 4.74 Å². The standard InChI is InChI=1S/C11H17NO/c1-7-9(3)12-10(4)8(2)11(7)6-13-5/h6H2,1-5H3. The maximum absolute atomic E-state index is 5.17. The highest BCUT2D eigenvalue weighted by atomic mass is 16.5. The van der Waals surface area contributed by atoms with Crippen LogP contribution in [0, 0.1) is 27.7 Å². The van der Waals surface area contributed by atoms with Crippen LogP contribution in [0.15, 0.2) is 0 Å². The van der Waals surface area contributed by atoms with E-state index in [0.717, 1.165) is 11.4 Å². The first kappa shape index (κ1) is 10.2. The van der Waals surface area contributed by atoms with Crippen molar-refractivity contribution < 1.29 is 4.74 Å². The molecule has 0 fully saturated rings. The smallest absolute Gasteiger partial charge is 0.0719 e. The number of methoxy groups -OCH3 is 1. The molecule has 2 nitrogen and oxygen atoms in total. The normalized spacial score (nSPS) is 10.5. The van der Waals surface area contributed by atoms with Crippen molar-refractivity contribution in [3.63, 3.8) is 0 Å². The van der Waals surface area contributed by atoms with Crippen LogP contribution in [-0.4, -0.2) is 12.1 Å². The summed E-state index contributed by atoms with van der Waals surface area (Å²) in [6.07, 6.45) is 0. The second-order valence-corrected chi connectivity index (χ2v) is 3.44. The highest BCUT2D eigenvalue weighted by molar-refractivity contribution is 5.37. The lowest BCUT2D eigenvalue weighted by atomic mass is 10.0. The van der Waals surface area contributed by atoms with E-state index in [1.165, 1.54) is 16.7 Å². The summed E-state index contributed by atoms with van der Waals surface area (Å²) in [6.45, 7) is 8.97. The molecule has 0 unspecified atom stereocenters. The summed E-state index contributed by atoms with van der Waals surface area (Å²) in [6, 6.07) is 0. The van der Waals surface area contributed by atoms with E-state index in [-0.39, 0.29) is 0 Å². The topological polar surface area (TPSA) is 22.1 Å². The van der Waals surface area contributed by atoms with Crippen molar-refractivity contribution in [3.8, 4) is 0 Å². The van der Waals surface area contributed by atoms with Gasteiger partial charge in [-0.2, -0.15) is 0 Å². The zero-order chi connectivity index (χ0) is 10.0. The fourth-order valence-electron chi connectivity index (χ4n) is 1.50. The molecule has 13 heavy (non-hydrogen) atoms. The molecule has 0 bridgehead atoms. The number of nitrogens with zero attached hydrogens (tertiary/aromatic N) is 1. The van der Waals surface area contributed by atoms with Crippen LogP contribution >= 0.6 is 0 Å². The van der Waals surface area contributed by atoms with Crippen molar-refractivity contribution >= 4 is 0 Å². The molecule has 1 heterocycles. The summed E-state index contributed by atoms with van der Waals surface area (Å²) in [4.78, 5) is 4.46. The third-order valence-corrected chi connectivity index (χ3v) is 2.61. The van der Waals surface area contributed by atoms with E-state index < -0.39 is 0 Å². The molecule has 0 aliphatic rings. The molecule has 1 rings (SSSR count). The number of aryl methyl sites for hydroxylation is 2. The van der Waals surface area contributed by atoms with Crippen LogP contribution in [0.4, 0.5) is 0 Å². The molecule has 0 saturated carbocycles. The average Bonchev–Trinajstić information content (AvgIpc) is 2.09. The molecule has 0 atom stereocenters. The van der Waals surface area contributed by atoms with Crippen molar-refractivity contribution in [2.75, 3.05) is 7.11 Å². The predicted octanol–water partition coefficient (Wildman–Crippen LogP) is 2.46. The van der Waals surface area contributed by atoms with Gasteiger partial charge in [-0.15, -0.1) is 0 Å². The zero-order valence-electron chi connectivity index (χ0n) is 9.06. The van der Waals surface area contributed by atoms with Crippen LogP contribution in [-0.2, 0) is 11.3 Å². The summed E-state index contributed by atoms with van der Waals surface area (Å²) < 4.78 is 5.17. The van der Waals surface area contributed by atoms with Gasteiger partial charge in [0.05, 0.1) is 6.61 Å². The van der Waals surface area contributed by atoms with E-state index in [0.29, 0.717) is 6.61 Å². The Morgan fingerprint density at radius 1 is 1.00 bits per heavy atom. The largest absolute Gasteiger partial charge is 0.380 e. The van der Waals surface area contributed by atoms with Gasteiger partial charge < -0.3 is 4.74 Å². The summed E-state index contributed by atoms with van der Waals surface area (Å²) in [5.74, 6) is 0. The second-order valence-electron chi connectivity index (χ2n) is 3.44. The van der Waals surface area contributed by atoms with Crippen LogP contribution in [0.3, 0.4) is 0 Å². The highest BCUT2D eigenvalue weighted by Gasteiger charge is 2.08. The quantitative estimate of drug-likeness (QED) is 0.695. The Hall–Kier alpha value is -0.890. The van der Waals surface area contributed by atoms with Gasteiger partial charge in [0, 0.05) is 18.5 Å². The number of rotatable bonds is 2. The predicted molar refractivity (Wildman–Crippen MR) is 53.9 cm³/mol. The lowest BCUT2D eigenvalue weighted by Crippen LogP contribution is -2.03. The van der Waals surface area contributed by atoms with Gasteiger partial charge in [0.2, 0.25) is 0 Å². The maximum Gasteiger partial charge on any atom is 0.0719 e. The van der Waals surface area contributed by atoms with Crippen LogP contribution in [0.5, 0.6) is 0 Å². The Labute approximate surface area is 80.0 Å². The Kier molecular flexibility index (Phi) is 3.04. The van der Waals surface area contributed by atoms with Crippen molar-refractivity contribution in [1.29, 1.82) is 0 Å². The van der Waals surface area contributed by atoms with Gasteiger partial charge in [-0.3, -0.25) is 4.98 Å². The average molecular weight is 179 g/mol. The van der Waals surface area contributed by atoms with Crippen molar-refractivity contribution in [3.05, 3.63) is 28.1 Å². The minimum absolute atomic E-state index is 0.682. The van der Waals surface area contributed by atoms with Crippen molar-refractivity contribution in [1.82, 2.24) is 4.98 Å². The number of aromatic nitrogens is 1. The zero-order valence-corrected chi connectivity index (χ0v) is 9.06. The number of pyridine rings is 1. The molecule has 0 saturated heterocycles. The van der Waals surface area contributed by atoms with Gasteiger partial charge in [0.25, 0.3) is 0 Å². The molecular weight excluding hydrogens is 162 g/mol. The first-order valence-corrected chi connectivity index (χ1v) is 4.50. The monoisotopic (exact) mass is 179 g/mol. The molecule has 0 spiro atoms. The molecule has 0 amide bonds. The minimum Gasteiger partial charge on any atom is -0.380 e. The molecule has 0 N–H and O–H groups in total. The Bertz CT molecular complexity index is 292. The van der Waals surface area contributed by atoms with Gasteiger partial charge >= 0.3 is 0 Å². The fraction of sp³-hybridized carbons (Fsp3) is 0.545. The molecule has 2 heteroatoms.